The maximum atomic E-state index is 4.73. The molecule has 0 unspecified atom stereocenters. The van der Waals surface area contributed by atoms with Gasteiger partial charge in [-0.2, -0.15) is 0 Å². The van der Waals surface area contributed by atoms with Crippen LogP contribution in [0.1, 0.15) is 45.6 Å². The van der Waals surface area contributed by atoms with Crippen molar-refractivity contribution >= 4 is 27.8 Å². The quantitative estimate of drug-likeness (QED) is 0.693. The number of aryl methyl sites for hydroxylation is 1. The minimum Gasteiger partial charge on any atom is -0.351 e. The van der Waals surface area contributed by atoms with E-state index >= 15 is 0 Å². The molecule has 4 nitrogen and oxygen atoms in total. The summed E-state index contributed by atoms with van der Waals surface area (Å²) >= 11 is 0. The fraction of sp³-hybridized carbons (Fsp3) is 0.524. The number of nitrogens with zero attached hydrogens (tertiary/aromatic N) is 3. The lowest BCUT2D eigenvalue weighted by Crippen LogP contribution is -2.35. The van der Waals surface area contributed by atoms with E-state index in [1.54, 1.807) is 6.33 Å². The maximum absolute atomic E-state index is 4.73. The minimum absolute atomic E-state index is 0.395. The summed E-state index contributed by atoms with van der Waals surface area (Å²) in [5.41, 5.74) is 5.37. The standard InChI is InChI=1S/C21H26N4/c1-13-5-6-15-16(7-13)24-18-17(15)22-12-23-19(18)25-11-21(4)9-14(25)8-20(2,3)10-21/h5-7,12,14,24H,8-11H2,1-4H3/t14-,21+/m0/s1. The maximum Gasteiger partial charge on any atom is 0.156 e. The summed E-state index contributed by atoms with van der Waals surface area (Å²) in [4.78, 5) is 15.5. The van der Waals surface area contributed by atoms with Crippen molar-refractivity contribution in [3.63, 3.8) is 0 Å². The first-order valence-electron chi connectivity index (χ1n) is 9.33. The van der Waals surface area contributed by atoms with Crippen LogP contribution in [0.3, 0.4) is 0 Å². The predicted molar refractivity (Wildman–Crippen MR) is 103 cm³/mol. The van der Waals surface area contributed by atoms with Crippen molar-refractivity contribution in [3.8, 4) is 0 Å². The second-order valence-electron chi connectivity index (χ2n) is 9.44. The highest BCUT2D eigenvalue weighted by atomic mass is 15.3. The van der Waals surface area contributed by atoms with E-state index in [4.69, 9.17) is 4.98 Å². The lowest BCUT2D eigenvalue weighted by atomic mass is 9.65. The smallest absolute Gasteiger partial charge is 0.156 e. The first kappa shape index (κ1) is 15.2. The van der Waals surface area contributed by atoms with Crippen molar-refractivity contribution in [1.29, 1.82) is 0 Å². The van der Waals surface area contributed by atoms with Gasteiger partial charge in [0.15, 0.2) is 5.82 Å². The Kier molecular flexibility index (Phi) is 2.88. The van der Waals surface area contributed by atoms with Crippen LogP contribution in [0.4, 0.5) is 5.82 Å². The molecule has 0 amide bonds. The van der Waals surface area contributed by atoms with Gasteiger partial charge in [0.25, 0.3) is 0 Å². The highest BCUT2D eigenvalue weighted by Crippen LogP contribution is 2.53. The molecule has 4 heteroatoms. The summed E-state index contributed by atoms with van der Waals surface area (Å²) in [6.45, 7) is 10.5. The van der Waals surface area contributed by atoms with Crippen LogP contribution in [0, 0.1) is 17.8 Å². The van der Waals surface area contributed by atoms with Crippen LogP contribution in [-0.2, 0) is 0 Å². The average Bonchev–Trinajstić information content (AvgIpc) is 2.99. The molecule has 1 aliphatic heterocycles. The first-order chi connectivity index (χ1) is 11.8. The molecular weight excluding hydrogens is 308 g/mol. The average molecular weight is 334 g/mol. The van der Waals surface area contributed by atoms with Gasteiger partial charge in [-0.05, 0) is 48.6 Å². The number of hydrogen-bond acceptors (Lipinski definition) is 3. The molecule has 25 heavy (non-hydrogen) atoms. The zero-order chi connectivity index (χ0) is 17.4. The Morgan fingerprint density at radius 1 is 1.16 bits per heavy atom. The Morgan fingerprint density at radius 2 is 2.00 bits per heavy atom. The summed E-state index contributed by atoms with van der Waals surface area (Å²) < 4.78 is 0. The molecule has 2 aliphatic rings. The Morgan fingerprint density at radius 3 is 2.84 bits per heavy atom. The molecule has 1 aromatic carbocycles. The van der Waals surface area contributed by atoms with E-state index in [1.807, 2.05) is 0 Å². The van der Waals surface area contributed by atoms with Gasteiger partial charge in [-0.25, -0.2) is 9.97 Å². The summed E-state index contributed by atoms with van der Waals surface area (Å²) in [5.74, 6) is 1.09. The van der Waals surface area contributed by atoms with E-state index in [0.717, 1.165) is 28.9 Å². The SMILES string of the molecule is Cc1ccc2c(c1)[nH]c1c(N3C[C@]4(C)C[C@@H]3CC(C)(C)C4)ncnc12. The van der Waals surface area contributed by atoms with Gasteiger partial charge in [-0.15, -0.1) is 0 Å². The summed E-state index contributed by atoms with van der Waals surface area (Å²) in [5, 5.41) is 1.19. The molecule has 2 atom stereocenters. The highest BCUT2D eigenvalue weighted by molar-refractivity contribution is 6.08. The van der Waals surface area contributed by atoms with Crippen molar-refractivity contribution in [2.24, 2.45) is 10.8 Å². The van der Waals surface area contributed by atoms with Crippen LogP contribution in [0.25, 0.3) is 21.9 Å². The number of benzene rings is 1. The Bertz CT molecular complexity index is 986. The number of hydrogen-bond donors (Lipinski definition) is 1. The number of aromatic amines is 1. The van der Waals surface area contributed by atoms with Crippen LogP contribution in [-0.4, -0.2) is 27.5 Å². The molecule has 1 N–H and O–H groups in total. The van der Waals surface area contributed by atoms with Gasteiger partial charge in [0.1, 0.15) is 17.4 Å². The molecule has 2 bridgehead atoms. The molecule has 5 rings (SSSR count). The largest absolute Gasteiger partial charge is 0.351 e. The highest BCUT2D eigenvalue weighted by Gasteiger charge is 2.50. The van der Waals surface area contributed by atoms with Gasteiger partial charge in [-0.3, -0.25) is 0 Å². The van der Waals surface area contributed by atoms with Crippen LogP contribution >= 0.6 is 0 Å². The molecule has 0 radical (unpaired) electrons. The summed E-state index contributed by atoms with van der Waals surface area (Å²) in [6.07, 6.45) is 5.56. The number of nitrogens with one attached hydrogen (secondary N) is 1. The molecule has 2 fully saturated rings. The van der Waals surface area contributed by atoms with Crippen molar-refractivity contribution in [2.45, 2.75) is 53.0 Å². The number of rotatable bonds is 1. The fourth-order valence-electron chi connectivity index (χ4n) is 5.72. The Labute approximate surface area is 148 Å². The number of anilines is 1. The first-order valence-corrected chi connectivity index (χ1v) is 9.33. The van der Waals surface area contributed by atoms with Gasteiger partial charge < -0.3 is 9.88 Å². The second-order valence-corrected chi connectivity index (χ2v) is 9.44. The van der Waals surface area contributed by atoms with E-state index in [0.29, 0.717) is 16.9 Å². The van der Waals surface area contributed by atoms with E-state index in [-0.39, 0.29) is 0 Å². The van der Waals surface area contributed by atoms with Crippen molar-refractivity contribution < 1.29 is 0 Å². The second kappa shape index (κ2) is 4.75. The number of aromatic nitrogens is 3. The van der Waals surface area contributed by atoms with Crippen molar-refractivity contribution in [2.75, 3.05) is 11.4 Å². The molecule has 3 aromatic rings. The van der Waals surface area contributed by atoms with E-state index in [9.17, 15) is 0 Å². The molecule has 1 saturated heterocycles. The number of H-pyrrole nitrogens is 1. The third kappa shape index (κ3) is 2.26. The molecule has 2 aromatic heterocycles. The van der Waals surface area contributed by atoms with Gasteiger partial charge in [0.05, 0.1) is 0 Å². The fourth-order valence-corrected chi connectivity index (χ4v) is 5.72. The zero-order valence-corrected chi connectivity index (χ0v) is 15.6. The molecular formula is C21H26N4. The lowest BCUT2D eigenvalue weighted by molar-refractivity contribution is 0.136. The van der Waals surface area contributed by atoms with Crippen LogP contribution in [0.2, 0.25) is 0 Å². The van der Waals surface area contributed by atoms with Gasteiger partial charge >= 0.3 is 0 Å². The molecule has 1 aliphatic carbocycles. The molecule has 1 saturated carbocycles. The van der Waals surface area contributed by atoms with Crippen molar-refractivity contribution in [1.82, 2.24) is 15.0 Å². The Balaban J connectivity index is 1.67. The lowest BCUT2D eigenvalue weighted by Gasteiger charge is -2.39. The topological polar surface area (TPSA) is 44.8 Å². The summed E-state index contributed by atoms with van der Waals surface area (Å²) in [6, 6.07) is 7.12. The van der Waals surface area contributed by atoms with Gasteiger partial charge in [0.2, 0.25) is 0 Å². The van der Waals surface area contributed by atoms with Crippen LogP contribution in [0.15, 0.2) is 24.5 Å². The van der Waals surface area contributed by atoms with E-state index in [2.05, 4.69) is 60.8 Å². The molecule has 3 heterocycles. The number of fused-ring (bicyclic) bond motifs is 5. The predicted octanol–water partition coefficient (Wildman–Crippen LogP) is 4.82. The van der Waals surface area contributed by atoms with Gasteiger partial charge in [0, 0.05) is 23.5 Å². The normalized spacial score (nSPS) is 28.2. The monoisotopic (exact) mass is 334 g/mol. The minimum atomic E-state index is 0.395. The molecule has 0 spiro atoms. The van der Waals surface area contributed by atoms with Crippen LogP contribution in [0.5, 0.6) is 0 Å². The Hall–Kier alpha value is -2.10. The summed E-state index contributed by atoms with van der Waals surface area (Å²) in [7, 11) is 0. The third-order valence-corrected chi connectivity index (χ3v) is 6.20. The van der Waals surface area contributed by atoms with Crippen molar-refractivity contribution in [3.05, 3.63) is 30.1 Å². The van der Waals surface area contributed by atoms with Gasteiger partial charge in [-0.1, -0.05) is 32.9 Å². The zero-order valence-electron chi connectivity index (χ0n) is 15.6. The molecule has 130 valence electrons. The van der Waals surface area contributed by atoms with Crippen LogP contribution < -0.4 is 4.90 Å². The van der Waals surface area contributed by atoms with E-state index < -0.39 is 0 Å². The third-order valence-electron chi connectivity index (χ3n) is 6.20. The van der Waals surface area contributed by atoms with E-state index in [1.165, 1.54) is 30.2 Å².